The summed E-state index contributed by atoms with van der Waals surface area (Å²) in [7, 11) is 4.03. The van der Waals surface area contributed by atoms with Crippen molar-refractivity contribution in [2.75, 3.05) is 24.3 Å². The maximum atomic E-state index is 12.7. The quantitative estimate of drug-likeness (QED) is 0.516. The van der Waals surface area contributed by atoms with Crippen LogP contribution in [0.4, 0.5) is 11.5 Å². The van der Waals surface area contributed by atoms with Crippen molar-refractivity contribution in [3.05, 3.63) is 95.9 Å². The number of benzene rings is 2. The molecule has 0 atom stereocenters. The summed E-state index contributed by atoms with van der Waals surface area (Å²) in [4.78, 5) is 14.7. The van der Waals surface area contributed by atoms with E-state index in [1.54, 1.807) is 23.1 Å². The minimum Gasteiger partial charge on any atom is -0.378 e. The van der Waals surface area contributed by atoms with Crippen LogP contribution in [0.5, 0.6) is 0 Å². The van der Waals surface area contributed by atoms with Gasteiger partial charge >= 0.3 is 0 Å². The molecule has 0 spiro atoms. The fraction of sp³-hybridized carbons (Fsp3) is 0.174. The van der Waals surface area contributed by atoms with Crippen molar-refractivity contribution >= 4 is 17.4 Å². The average Bonchev–Trinajstić information content (AvgIpc) is 3.41. The lowest BCUT2D eigenvalue weighted by Crippen LogP contribution is -2.16. The average molecular weight is 400 g/mol. The molecule has 0 aliphatic heterocycles. The molecular formula is C23H24N6O. The molecule has 7 heteroatoms. The van der Waals surface area contributed by atoms with E-state index in [0.29, 0.717) is 24.5 Å². The van der Waals surface area contributed by atoms with Gasteiger partial charge < -0.3 is 10.2 Å². The zero-order valence-electron chi connectivity index (χ0n) is 17.1. The first-order valence-corrected chi connectivity index (χ1v) is 9.74. The third-order valence-electron chi connectivity index (χ3n) is 4.86. The number of carbonyl (C=O) groups excluding carboxylic acids is 1. The molecule has 2 heterocycles. The highest BCUT2D eigenvalue weighted by Crippen LogP contribution is 2.16. The number of rotatable bonds is 7. The van der Waals surface area contributed by atoms with E-state index >= 15 is 0 Å². The number of hydrogen-bond acceptors (Lipinski definition) is 4. The molecule has 0 aliphatic carbocycles. The Morgan fingerprint density at radius 1 is 0.900 bits per heavy atom. The highest BCUT2D eigenvalue weighted by molar-refractivity contribution is 6.03. The predicted octanol–water partition coefficient (Wildman–Crippen LogP) is 3.49. The Labute approximate surface area is 175 Å². The van der Waals surface area contributed by atoms with Crippen molar-refractivity contribution in [2.24, 2.45) is 0 Å². The maximum Gasteiger partial charge on any atom is 0.256 e. The summed E-state index contributed by atoms with van der Waals surface area (Å²) in [6.07, 6.45) is 5.36. The lowest BCUT2D eigenvalue weighted by Gasteiger charge is -2.13. The molecule has 2 aromatic carbocycles. The van der Waals surface area contributed by atoms with Crippen LogP contribution >= 0.6 is 0 Å². The smallest absolute Gasteiger partial charge is 0.256 e. The van der Waals surface area contributed by atoms with Crippen LogP contribution in [0.15, 0.2) is 79.3 Å². The first kappa shape index (κ1) is 19.4. The second-order valence-corrected chi connectivity index (χ2v) is 7.29. The van der Waals surface area contributed by atoms with Gasteiger partial charge in [-0.25, -0.2) is 4.68 Å². The molecule has 0 bridgehead atoms. The molecular weight excluding hydrogens is 376 g/mol. The third-order valence-corrected chi connectivity index (χ3v) is 4.86. The normalized spacial score (nSPS) is 10.7. The number of aromatic nitrogens is 4. The number of carbonyl (C=O) groups is 1. The van der Waals surface area contributed by atoms with E-state index in [1.807, 2.05) is 55.3 Å². The number of nitrogens with zero attached hydrogens (tertiary/aromatic N) is 5. The van der Waals surface area contributed by atoms with Crippen molar-refractivity contribution in [2.45, 2.75) is 13.1 Å². The Kier molecular flexibility index (Phi) is 5.61. The molecule has 152 valence electrons. The molecule has 0 saturated heterocycles. The van der Waals surface area contributed by atoms with Gasteiger partial charge in [-0.2, -0.15) is 10.2 Å². The Morgan fingerprint density at radius 3 is 2.27 bits per heavy atom. The van der Waals surface area contributed by atoms with E-state index in [-0.39, 0.29) is 5.91 Å². The summed E-state index contributed by atoms with van der Waals surface area (Å²) >= 11 is 0. The molecule has 4 aromatic rings. The van der Waals surface area contributed by atoms with Crippen LogP contribution in [-0.2, 0) is 13.1 Å². The fourth-order valence-corrected chi connectivity index (χ4v) is 3.17. The van der Waals surface area contributed by atoms with Gasteiger partial charge in [-0.05, 0) is 41.5 Å². The van der Waals surface area contributed by atoms with Crippen molar-refractivity contribution in [1.29, 1.82) is 0 Å². The van der Waals surface area contributed by atoms with Gasteiger partial charge in [-0.15, -0.1) is 0 Å². The lowest BCUT2D eigenvalue weighted by atomic mass is 10.1. The van der Waals surface area contributed by atoms with E-state index < -0.39 is 0 Å². The van der Waals surface area contributed by atoms with Gasteiger partial charge in [0.2, 0.25) is 0 Å². The number of hydrogen-bond donors (Lipinski definition) is 1. The molecule has 2 aromatic heterocycles. The standard InChI is InChI=1S/C23H24N6O/c1-27(2)21-10-6-19(7-11-21)17-29-22(12-14-25-29)26-23(30)20-8-4-18(5-9-20)16-28-15-3-13-24-28/h3-15H,16-17H2,1-2H3,(H,26,30). The van der Waals surface area contributed by atoms with Gasteiger partial charge in [0, 0.05) is 43.8 Å². The molecule has 30 heavy (non-hydrogen) atoms. The topological polar surface area (TPSA) is 68.0 Å². The van der Waals surface area contributed by atoms with Crippen LogP contribution in [0, 0.1) is 0 Å². The Balaban J connectivity index is 1.41. The van der Waals surface area contributed by atoms with Crippen LogP contribution in [0.1, 0.15) is 21.5 Å². The molecule has 1 amide bonds. The van der Waals surface area contributed by atoms with E-state index in [0.717, 1.165) is 16.8 Å². The number of nitrogens with one attached hydrogen (secondary N) is 1. The van der Waals surface area contributed by atoms with Gasteiger partial charge in [0.25, 0.3) is 5.91 Å². The predicted molar refractivity (Wildman–Crippen MR) is 118 cm³/mol. The van der Waals surface area contributed by atoms with Crippen molar-refractivity contribution in [3.8, 4) is 0 Å². The Morgan fingerprint density at radius 2 is 1.60 bits per heavy atom. The van der Waals surface area contributed by atoms with E-state index in [1.165, 1.54) is 0 Å². The highest BCUT2D eigenvalue weighted by Gasteiger charge is 2.10. The molecule has 1 N–H and O–H groups in total. The summed E-state index contributed by atoms with van der Waals surface area (Å²) < 4.78 is 3.63. The fourth-order valence-electron chi connectivity index (χ4n) is 3.17. The molecule has 0 unspecified atom stereocenters. The van der Waals surface area contributed by atoms with Crippen LogP contribution in [-0.4, -0.2) is 39.6 Å². The summed E-state index contributed by atoms with van der Waals surface area (Å²) in [6, 6.07) is 19.5. The van der Waals surface area contributed by atoms with Gasteiger partial charge in [0.1, 0.15) is 5.82 Å². The molecule has 7 nitrogen and oxygen atoms in total. The summed E-state index contributed by atoms with van der Waals surface area (Å²) in [5, 5.41) is 11.5. The van der Waals surface area contributed by atoms with Crippen LogP contribution < -0.4 is 10.2 Å². The van der Waals surface area contributed by atoms with Gasteiger partial charge in [0.15, 0.2) is 0 Å². The minimum atomic E-state index is -0.162. The summed E-state index contributed by atoms with van der Waals surface area (Å²) in [6.45, 7) is 1.26. The van der Waals surface area contributed by atoms with E-state index in [4.69, 9.17) is 0 Å². The van der Waals surface area contributed by atoms with E-state index in [2.05, 4.69) is 44.7 Å². The minimum absolute atomic E-state index is 0.162. The van der Waals surface area contributed by atoms with Crippen molar-refractivity contribution < 1.29 is 4.79 Å². The van der Waals surface area contributed by atoms with Crippen molar-refractivity contribution in [1.82, 2.24) is 19.6 Å². The molecule has 0 saturated carbocycles. The molecule has 0 aliphatic rings. The van der Waals surface area contributed by atoms with Crippen LogP contribution in [0.3, 0.4) is 0 Å². The summed E-state index contributed by atoms with van der Waals surface area (Å²) in [5.74, 6) is 0.502. The molecule has 0 fully saturated rings. The Hall–Kier alpha value is -3.87. The van der Waals surface area contributed by atoms with Crippen LogP contribution in [0.25, 0.3) is 0 Å². The second kappa shape index (κ2) is 8.65. The zero-order valence-corrected chi connectivity index (χ0v) is 17.1. The zero-order chi connectivity index (χ0) is 20.9. The first-order valence-electron chi connectivity index (χ1n) is 9.74. The Bertz CT molecular complexity index is 1100. The van der Waals surface area contributed by atoms with Crippen molar-refractivity contribution in [3.63, 3.8) is 0 Å². The maximum absolute atomic E-state index is 12.7. The molecule has 0 radical (unpaired) electrons. The van der Waals surface area contributed by atoms with Gasteiger partial charge in [-0.3, -0.25) is 9.48 Å². The largest absolute Gasteiger partial charge is 0.378 e. The molecule has 4 rings (SSSR count). The monoisotopic (exact) mass is 400 g/mol. The van der Waals surface area contributed by atoms with E-state index in [9.17, 15) is 4.79 Å². The SMILES string of the molecule is CN(C)c1ccc(Cn2nccc2NC(=O)c2ccc(Cn3cccn3)cc2)cc1. The van der Waals surface area contributed by atoms with Gasteiger partial charge in [-0.1, -0.05) is 24.3 Å². The number of amides is 1. The second-order valence-electron chi connectivity index (χ2n) is 7.29. The third kappa shape index (κ3) is 4.57. The van der Waals surface area contributed by atoms with Crippen LogP contribution in [0.2, 0.25) is 0 Å². The number of anilines is 2. The lowest BCUT2D eigenvalue weighted by molar-refractivity contribution is 0.102. The van der Waals surface area contributed by atoms with Gasteiger partial charge in [0.05, 0.1) is 19.3 Å². The summed E-state index contributed by atoms with van der Waals surface area (Å²) in [5.41, 5.74) is 3.94. The first-order chi connectivity index (χ1) is 14.6. The highest BCUT2D eigenvalue weighted by atomic mass is 16.1.